The molecule has 0 radical (unpaired) electrons. The molecule has 4 N–H and O–H groups in total. The number of nitrogens with zero attached hydrogens (tertiary/aromatic N) is 1. The molecule has 0 aliphatic heterocycles. The van der Waals surface area contributed by atoms with Crippen molar-refractivity contribution in [2.45, 2.75) is 5.97 Å². The lowest BCUT2D eigenvalue weighted by atomic mass is 10.6. The van der Waals surface area contributed by atoms with E-state index < -0.39 is 12.5 Å². The highest BCUT2D eigenvalue weighted by atomic mass is 16.7. The highest BCUT2D eigenvalue weighted by molar-refractivity contribution is 4.44. The van der Waals surface area contributed by atoms with E-state index in [0.29, 0.717) is 0 Å². The maximum atomic E-state index is 7.92. The molecule has 0 aromatic carbocycles. The Balaban J connectivity index is 3.34. The molecule has 0 aromatic heterocycles. The van der Waals surface area contributed by atoms with E-state index in [1.807, 2.05) is 0 Å². The summed E-state index contributed by atoms with van der Waals surface area (Å²) in [5.74, 6) is -2.80. The highest BCUT2D eigenvalue weighted by Crippen LogP contribution is 1.89. The van der Waals surface area contributed by atoms with Gasteiger partial charge < -0.3 is 15.3 Å². The molecule has 0 saturated heterocycles. The van der Waals surface area contributed by atoms with Crippen molar-refractivity contribution in [2.24, 2.45) is 5.11 Å². The van der Waals surface area contributed by atoms with E-state index in [2.05, 4.69) is 5.11 Å². The third-order valence-corrected chi connectivity index (χ3v) is 0.291. The topological polar surface area (TPSA) is 96.9 Å². The fraction of sp³-hybridized carbons (Fsp3) is 1.00. The minimum Gasteiger partial charge on any atom is -0.342 e. The normalized spacial score (nSPS) is 11.3. The van der Waals surface area contributed by atoms with Crippen LogP contribution in [0.3, 0.4) is 0 Å². The predicted molar refractivity (Wildman–Crippen MR) is 19.4 cm³/mol. The molecule has 0 aromatic rings. The fourth-order valence-electron chi connectivity index (χ4n) is 0.106. The lowest BCUT2D eigenvalue weighted by Gasteiger charge is -2.07. The summed E-state index contributed by atoms with van der Waals surface area (Å²) in [6.45, 7) is -0.701. The summed E-state index contributed by atoms with van der Waals surface area (Å²) in [5, 5.41) is 26.3. The van der Waals surface area contributed by atoms with Crippen molar-refractivity contribution in [3.05, 3.63) is 0 Å². The molecule has 0 atom stereocenters. The Kier molecular flexibility index (Phi) is 1.82. The molecule has 0 aliphatic rings. The van der Waals surface area contributed by atoms with E-state index in [4.69, 9.17) is 20.9 Å². The van der Waals surface area contributed by atoms with Gasteiger partial charge in [0.2, 0.25) is 0 Å². The maximum Gasteiger partial charge on any atom is 0.298 e. The molecule has 0 bridgehead atoms. The van der Waals surface area contributed by atoms with Crippen LogP contribution in [0.25, 0.3) is 0 Å². The quantitative estimate of drug-likeness (QED) is 0.259. The van der Waals surface area contributed by atoms with E-state index in [9.17, 15) is 0 Å². The standard InChI is InChI=1S/C2H6N2O3/c3-4-1-2(5,6)7/h3,5-7H,1H2. The number of aliphatic hydroxyl groups is 3. The van der Waals surface area contributed by atoms with Gasteiger partial charge in [-0.3, -0.25) is 0 Å². The van der Waals surface area contributed by atoms with Crippen molar-refractivity contribution in [2.75, 3.05) is 6.54 Å². The highest BCUT2D eigenvalue weighted by Gasteiger charge is 2.15. The summed E-state index contributed by atoms with van der Waals surface area (Å²) in [6, 6.07) is 0. The van der Waals surface area contributed by atoms with Crippen molar-refractivity contribution in [3.63, 3.8) is 0 Å². The second-order valence-corrected chi connectivity index (χ2v) is 1.09. The van der Waals surface area contributed by atoms with Gasteiger partial charge in [0, 0.05) is 0 Å². The molecule has 0 aliphatic carbocycles. The first kappa shape index (κ1) is 6.48. The maximum absolute atomic E-state index is 7.92. The molecule has 0 unspecified atom stereocenters. The van der Waals surface area contributed by atoms with E-state index in [-0.39, 0.29) is 0 Å². The minimum absolute atomic E-state index is 0.701. The summed E-state index contributed by atoms with van der Waals surface area (Å²) in [5.41, 5.74) is 6.00. The zero-order chi connectivity index (χ0) is 5.91. The van der Waals surface area contributed by atoms with Gasteiger partial charge >= 0.3 is 0 Å². The van der Waals surface area contributed by atoms with Crippen LogP contribution in [0.1, 0.15) is 0 Å². The Morgan fingerprint density at radius 3 is 1.86 bits per heavy atom. The van der Waals surface area contributed by atoms with Crippen molar-refractivity contribution >= 4 is 0 Å². The average molecular weight is 106 g/mol. The molecule has 0 amide bonds. The lowest BCUT2D eigenvalue weighted by Crippen LogP contribution is -2.30. The summed E-state index contributed by atoms with van der Waals surface area (Å²) in [4.78, 5) is 0. The first-order valence-electron chi connectivity index (χ1n) is 1.56. The number of rotatable bonds is 2. The average Bonchev–Trinajstić information content (AvgIpc) is 1.30. The van der Waals surface area contributed by atoms with Crippen molar-refractivity contribution in [1.82, 2.24) is 0 Å². The van der Waals surface area contributed by atoms with Crippen molar-refractivity contribution < 1.29 is 15.3 Å². The fourth-order valence-corrected chi connectivity index (χ4v) is 0.106. The molecular weight excluding hydrogens is 100 g/mol. The summed E-state index contributed by atoms with van der Waals surface area (Å²) in [6.07, 6.45) is 0. The molecule has 42 valence electrons. The van der Waals surface area contributed by atoms with Crippen LogP contribution < -0.4 is 0 Å². The monoisotopic (exact) mass is 106 g/mol. The molecule has 5 heteroatoms. The minimum atomic E-state index is -2.80. The molecule has 0 saturated carbocycles. The summed E-state index contributed by atoms with van der Waals surface area (Å²) in [7, 11) is 0. The van der Waals surface area contributed by atoms with Crippen LogP contribution in [0.4, 0.5) is 0 Å². The van der Waals surface area contributed by atoms with Gasteiger partial charge in [0.15, 0.2) is 0 Å². The Labute approximate surface area is 39.7 Å². The van der Waals surface area contributed by atoms with Gasteiger partial charge in [-0.25, -0.2) is 5.53 Å². The third kappa shape index (κ3) is 5.48. The van der Waals surface area contributed by atoms with E-state index >= 15 is 0 Å². The first-order chi connectivity index (χ1) is 3.06. The smallest absolute Gasteiger partial charge is 0.298 e. The van der Waals surface area contributed by atoms with Crippen LogP contribution in [-0.2, 0) is 0 Å². The van der Waals surface area contributed by atoms with Crippen LogP contribution in [0, 0.1) is 5.53 Å². The van der Waals surface area contributed by atoms with Crippen LogP contribution in [0.5, 0.6) is 0 Å². The van der Waals surface area contributed by atoms with E-state index in [1.165, 1.54) is 0 Å². The van der Waals surface area contributed by atoms with Gasteiger partial charge in [0.25, 0.3) is 5.97 Å². The zero-order valence-corrected chi connectivity index (χ0v) is 3.50. The SMILES string of the molecule is N=NCC(O)(O)O. The molecule has 0 fully saturated rings. The van der Waals surface area contributed by atoms with E-state index in [0.717, 1.165) is 0 Å². The Bertz CT molecular complexity index is 65.8. The second-order valence-electron chi connectivity index (χ2n) is 1.09. The molecule has 7 heavy (non-hydrogen) atoms. The number of hydrogen-bond acceptors (Lipinski definition) is 5. The largest absolute Gasteiger partial charge is 0.342 e. The number of nitrogens with one attached hydrogen (secondary N) is 1. The van der Waals surface area contributed by atoms with Crippen molar-refractivity contribution in [1.29, 1.82) is 5.53 Å². The van der Waals surface area contributed by atoms with Crippen LogP contribution in [0.2, 0.25) is 0 Å². The Morgan fingerprint density at radius 2 is 1.86 bits per heavy atom. The molecule has 0 heterocycles. The Morgan fingerprint density at radius 1 is 1.43 bits per heavy atom. The van der Waals surface area contributed by atoms with Gasteiger partial charge in [-0.1, -0.05) is 0 Å². The summed E-state index contributed by atoms with van der Waals surface area (Å²) >= 11 is 0. The second kappa shape index (κ2) is 1.97. The van der Waals surface area contributed by atoms with Gasteiger partial charge in [-0.15, -0.1) is 0 Å². The molecule has 5 nitrogen and oxygen atoms in total. The first-order valence-corrected chi connectivity index (χ1v) is 1.56. The summed E-state index contributed by atoms with van der Waals surface area (Å²) < 4.78 is 0. The van der Waals surface area contributed by atoms with Gasteiger partial charge in [-0.2, -0.15) is 5.11 Å². The number of hydrogen-bond donors (Lipinski definition) is 4. The van der Waals surface area contributed by atoms with Gasteiger partial charge in [-0.05, 0) is 0 Å². The van der Waals surface area contributed by atoms with Crippen LogP contribution >= 0.6 is 0 Å². The van der Waals surface area contributed by atoms with Crippen molar-refractivity contribution in [3.8, 4) is 0 Å². The van der Waals surface area contributed by atoms with Crippen LogP contribution in [-0.4, -0.2) is 27.8 Å². The van der Waals surface area contributed by atoms with Gasteiger partial charge in [0.1, 0.15) is 6.54 Å². The lowest BCUT2D eigenvalue weighted by molar-refractivity contribution is -0.303. The molecular formula is C2H6N2O3. The molecule has 0 spiro atoms. The Hall–Kier alpha value is -0.520. The van der Waals surface area contributed by atoms with Gasteiger partial charge in [0.05, 0.1) is 0 Å². The zero-order valence-electron chi connectivity index (χ0n) is 3.50. The molecule has 0 rings (SSSR count). The van der Waals surface area contributed by atoms with Crippen LogP contribution in [0.15, 0.2) is 5.11 Å². The van der Waals surface area contributed by atoms with E-state index in [1.54, 1.807) is 0 Å². The predicted octanol–water partition coefficient (Wildman–Crippen LogP) is -1.35. The third-order valence-electron chi connectivity index (χ3n) is 0.291.